The standard InChI is InChI=1S/C25H24ClN5O4S2.C2HF3O2/c1-2-37(33,34)30-17-4-5-19(26)21(15-17)28-25-29-24(32)23(36-25)14-16-3-6-20-18(13-16)22(7-8-27-20)31-9-11-35-12-10-31;3-2(4,5)1(6)7/h3-8,13-15,30H,2,9-12H2,1H3,(H,28,29,32);(H,6,7)/b23-14-;. The second-order valence-electron chi connectivity index (χ2n) is 9.16. The summed E-state index contributed by atoms with van der Waals surface area (Å²) in [5.41, 5.74) is 3.52. The fourth-order valence-corrected chi connectivity index (χ4v) is 5.60. The number of alkyl halides is 3. The Balaban J connectivity index is 0.000000566. The van der Waals surface area contributed by atoms with E-state index in [1.54, 1.807) is 19.1 Å². The lowest BCUT2D eigenvalue weighted by molar-refractivity contribution is -0.192. The quantitative estimate of drug-likeness (QED) is 0.307. The Morgan fingerprint density at radius 2 is 1.93 bits per heavy atom. The lowest BCUT2D eigenvalue weighted by Gasteiger charge is -2.29. The van der Waals surface area contributed by atoms with Gasteiger partial charge >= 0.3 is 12.1 Å². The van der Waals surface area contributed by atoms with Gasteiger partial charge in [0.25, 0.3) is 5.91 Å². The number of hydrogen-bond donors (Lipinski definition) is 3. The van der Waals surface area contributed by atoms with Gasteiger partial charge in [-0.05, 0) is 66.7 Å². The van der Waals surface area contributed by atoms with Crippen LogP contribution in [0, 0.1) is 0 Å². The molecule has 0 radical (unpaired) electrons. The van der Waals surface area contributed by atoms with Gasteiger partial charge in [0.05, 0.1) is 45.8 Å². The van der Waals surface area contributed by atoms with Gasteiger partial charge in [0.15, 0.2) is 5.17 Å². The summed E-state index contributed by atoms with van der Waals surface area (Å²) in [5.74, 6) is -3.09. The largest absolute Gasteiger partial charge is 0.490 e. The van der Waals surface area contributed by atoms with Gasteiger partial charge in [-0.15, -0.1) is 0 Å². The van der Waals surface area contributed by atoms with Crippen LogP contribution < -0.4 is 14.9 Å². The minimum Gasteiger partial charge on any atom is -0.475 e. The van der Waals surface area contributed by atoms with Gasteiger partial charge in [0, 0.05) is 30.4 Å². The van der Waals surface area contributed by atoms with Crippen molar-refractivity contribution in [2.24, 2.45) is 4.99 Å². The summed E-state index contributed by atoms with van der Waals surface area (Å²) in [5, 5.41) is 11.6. The number of nitrogens with one attached hydrogen (secondary N) is 2. The zero-order chi connectivity index (χ0) is 32.1. The molecule has 2 aliphatic rings. The fourth-order valence-electron chi connectivity index (χ4n) is 3.97. The number of thioether (sulfide) groups is 1. The molecule has 11 nitrogen and oxygen atoms in total. The SMILES string of the molecule is CCS(=O)(=O)Nc1ccc(Cl)c(N=C2NC(=O)/C(=C/c3ccc4nccc(N5CCOCC5)c4c3)S2)c1.O=C(O)C(F)(F)F. The Kier molecular flexibility index (Phi) is 10.4. The highest BCUT2D eigenvalue weighted by Crippen LogP contribution is 2.34. The lowest BCUT2D eigenvalue weighted by Crippen LogP contribution is -2.36. The van der Waals surface area contributed by atoms with Gasteiger partial charge in [0.2, 0.25) is 10.0 Å². The minimum absolute atomic E-state index is 0.0572. The minimum atomic E-state index is -5.08. The maximum Gasteiger partial charge on any atom is 0.490 e. The number of sulfonamides is 1. The maximum atomic E-state index is 12.7. The maximum absolute atomic E-state index is 12.7. The number of carbonyl (C=O) groups excluding carboxylic acids is 1. The van der Waals surface area contributed by atoms with Gasteiger partial charge in [-0.25, -0.2) is 18.2 Å². The molecule has 1 aromatic heterocycles. The number of carboxylic acids is 1. The third-order valence-corrected chi connectivity index (χ3v) is 8.64. The number of carboxylic acid groups (broad SMARTS) is 1. The van der Waals surface area contributed by atoms with Crippen molar-refractivity contribution in [2.75, 3.05) is 41.7 Å². The van der Waals surface area contributed by atoms with E-state index in [2.05, 4.69) is 24.9 Å². The van der Waals surface area contributed by atoms with Crippen molar-refractivity contribution in [3.63, 3.8) is 0 Å². The average Bonchev–Trinajstić information content (AvgIpc) is 3.32. The zero-order valence-corrected chi connectivity index (χ0v) is 25.3. The van der Waals surface area contributed by atoms with Crippen LogP contribution in [0.2, 0.25) is 5.02 Å². The van der Waals surface area contributed by atoms with E-state index in [1.165, 1.54) is 17.8 Å². The second-order valence-corrected chi connectivity index (χ2v) is 12.6. The van der Waals surface area contributed by atoms with Crippen LogP contribution in [0.5, 0.6) is 0 Å². The molecule has 0 spiro atoms. The molecule has 0 saturated carbocycles. The molecule has 2 aliphatic heterocycles. The smallest absolute Gasteiger partial charge is 0.475 e. The summed E-state index contributed by atoms with van der Waals surface area (Å²) >= 11 is 7.47. The van der Waals surface area contributed by atoms with E-state index in [9.17, 15) is 26.4 Å². The lowest BCUT2D eigenvalue weighted by atomic mass is 10.1. The van der Waals surface area contributed by atoms with E-state index in [-0.39, 0.29) is 11.7 Å². The van der Waals surface area contributed by atoms with Gasteiger partial charge in [0.1, 0.15) is 0 Å². The number of halogens is 4. The van der Waals surface area contributed by atoms with Gasteiger partial charge in [-0.1, -0.05) is 17.7 Å². The number of ether oxygens (including phenoxy) is 1. The molecule has 3 heterocycles. The number of rotatable bonds is 6. The number of fused-ring (bicyclic) bond motifs is 1. The van der Waals surface area contributed by atoms with Crippen molar-refractivity contribution >= 4 is 84.5 Å². The number of amidine groups is 1. The summed E-state index contributed by atoms with van der Waals surface area (Å²) < 4.78 is 63.5. The first-order valence-corrected chi connectivity index (χ1v) is 15.7. The predicted octanol–water partition coefficient (Wildman–Crippen LogP) is 5.01. The number of aliphatic carboxylic acids is 1. The van der Waals surface area contributed by atoms with Crippen LogP contribution in [0.1, 0.15) is 12.5 Å². The number of aliphatic imine (C=N–C) groups is 1. The number of morpholine rings is 1. The Hall–Kier alpha value is -3.86. The summed E-state index contributed by atoms with van der Waals surface area (Å²) in [7, 11) is -3.45. The normalized spacial score (nSPS) is 17.4. The molecule has 234 valence electrons. The van der Waals surface area contributed by atoms with Crippen molar-refractivity contribution in [1.29, 1.82) is 0 Å². The molecular formula is C27H25ClF3N5O6S2. The number of amides is 1. The highest BCUT2D eigenvalue weighted by molar-refractivity contribution is 8.18. The molecule has 2 fully saturated rings. The Bertz CT molecular complexity index is 1750. The first-order chi connectivity index (χ1) is 20.8. The number of benzene rings is 2. The third-order valence-electron chi connectivity index (χ3n) is 6.11. The number of aromatic nitrogens is 1. The number of pyridine rings is 1. The highest BCUT2D eigenvalue weighted by Gasteiger charge is 2.38. The van der Waals surface area contributed by atoms with Crippen molar-refractivity contribution in [3.05, 3.63) is 64.2 Å². The molecule has 5 rings (SSSR count). The first kappa shape index (κ1) is 33.0. The molecule has 0 aliphatic carbocycles. The molecule has 1 amide bonds. The monoisotopic (exact) mass is 671 g/mol. The number of anilines is 2. The summed E-state index contributed by atoms with van der Waals surface area (Å²) in [4.78, 5) is 33.3. The molecule has 3 N–H and O–H groups in total. The van der Waals surface area contributed by atoms with E-state index in [4.69, 9.17) is 26.2 Å². The van der Waals surface area contributed by atoms with Crippen LogP contribution in [-0.2, 0) is 24.3 Å². The van der Waals surface area contributed by atoms with Crippen LogP contribution in [0.25, 0.3) is 17.0 Å². The molecule has 17 heteroatoms. The van der Waals surface area contributed by atoms with E-state index in [0.29, 0.717) is 39.7 Å². The summed E-state index contributed by atoms with van der Waals surface area (Å²) in [6.45, 7) is 4.54. The van der Waals surface area contributed by atoms with Gasteiger partial charge < -0.3 is 20.1 Å². The second kappa shape index (κ2) is 13.8. The Labute approximate surface area is 259 Å². The van der Waals surface area contributed by atoms with Gasteiger partial charge in [-0.2, -0.15) is 13.2 Å². The number of carbonyl (C=O) groups is 2. The van der Waals surface area contributed by atoms with Crippen LogP contribution in [0.3, 0.4) is 0 Å². The molecule has 44 heavy (non-hydrogen) atoms. The van der Waals surface area contributed by atoms with E-state index >= 15 is 0 Å². The molecule has 0 bridgehead atoms. The van der Waals surface area contributed by atoms with Crippen molar-refractivity contribution < 1.29 is 41.0 Å². The zero-order valence-electron chi connectivity index (χ0n) is 22.9. The van der Waals surface area contributed by atoms with Crippen molar-refractivity contribution in [1.82, 2.24) is 10.3 Å². The predicted molar refractivity (Wildman–Crippen MR) is 164 cm³/mol. The Morgan fingerprint density at radius 3 is 2.59 bits per heavy atom. The van der Waals surface area contributed by atoms with E-state index in [0.717, 1.165) is 35.2 Å². The highest BCUT2D eigenvalue weighted by atomic mass is 35.5. The van der Waals surface area contributed by atoms with Crippen LogP contribution >= 0.6 is 23.4 Å². The summed E-state index contributed by atoms with van der Waals surface area (Å²) in [6, 6.07) is 12.6. The average molecular weight is 672 g/mol. The Morgan fingerprint density at radius 1 is 1.23 bits per heavy atom. The molecule has 3 aromatic rings. The van der Waals surface area contributed by atoms with Crippen molar-refractivity contribution in [3.8, 4) is 0 Å². The molecule has 0 unspecified atom stereocenters. The van der Waals surface area contributed by atoms with Crippen molar-refractivity contribution in [2.45, 2.75) is 13.1 Å². The van der Waals surface area contributed by atoms with Crippen LogP contribution in [0.4, 0.5) is 30.2 Å². The van der Waals surface area contributed by atoms with Crippen LogP contribution in [-0.4, -0.2) is 73.8 Å². The van der Waals surface area contributed by atoms with E-state index < -0.39 is 22.2 Å². The fraction of sp³-hybridized carbons (Fsp3) is 0.259. The number of hydrogen-bond acceptors (Lipinski definition) is 9. The molecule has 0 atom stereocenters. The van der Waals surface area contributed by atoms with E-state index in [1.807, 2.05) is 36.5 Å². The first-order valence-electron chi connectivity index (χ1n) is 12.9. The number of nitrogens with zero attached hydrogens (tertiary/aromatic N) is 3. The third kappa shape index (κ3) is 8.62. The van der Waals surface area contributed by atoms with Crippen LogP contribution in [0.15, 0.2) is 58.6 Å². The summed E-state index contributed by atoms with van der Waals surface area (Å²) in [6.07, 6.45) is -1.47. The topological polar surface area (TPSA) is 150 Å². The molecule has 2 aromatic carbocycles. The van der Waals surface area contributed by atoms with Gasteiger partial charge in [-0.3, -0.25) is 14.5 Å². The molecular weight excluding hydrogens is 647 g/mol. The molecule has 2 saturated heterocycles.